The van der Waals surface area contributed by atoms with Gasteiger partial charge in [-0.05, 0) is 18.2 Å². The van der Waals surface area contributed by atoms with Crippen molar-refractivity contribution in [2.75, 3.05) is 12.4 Å². The fraction of sp³-hybridized carbons (Fsp3) is 0.0952. The summed E-state index contributed by atoms with van der Waals surface area (Å²) in [6.07, 6.45) is -3.25. The third kappa shape index (κ3) is 3.64. The predicted molar refractivity (Wildman–Crippen MR) is 111 cm³/mol. The van der Waals surface area contributed by atoms with Gasteiger partial charge in [-0.3, -0.25) is 5.10 Å². The summed E-state index contributed by atoms with van der Waals surface area (Å²) < 4.78 is 59.9. The number of alkyl halides is 3. The number of methoxy groups -OCH3 is 1. The monoisotopic (exact) mass is 455 g/mol. The van der Waals surface area contributed by atoms with Crippen LogP contribution in [0.2, 0.25) is 0 Å². The maximum Gasteiger partial charge on any atom is 0.417 e. The molecule has 8 nitrogen and oxygen atoms in total. The number of fused-ring (bicyclic) bond motifs is 2. The first-order valence-corrected chi connectivity index (χ1v) is 9.50. The SMILES string of the molecule is COc1ncc2c(Nc3n[nH]c4c(F)cccc34)nc(-c3ccccc3C(F)(F)F)nc2n1. The van der Waals surface area contributed by atoms with E-state index in [4.69, 9.17) is 4.74 Å². The van der Waals surface area contributed by atoms with E-state index >= 15 is 0 Å². The zero-order valence-electron chi connectivity index (χ0n) is 16.8. The van der Waals surface area contributed by atoms with Gasteiger partial charge in [-0.25, -0.2) is 19.3 Å². The third-order valence-corrected chi connectivity index (χ3v) is 4.87. The number of para-hydroxylation sites is 1. The Morgan fingerprint density at radius 3 is 2.55 bits per heavy atom. The number of hydrogen-bond donors (Lipinski definition) is 2. The van der Waals surface area contributed by atoms with Crippen molar-refractivity contribution >= 4 is 33.6 Å². The number of nitrogens with one attached hydrogen (secondary N) is 2. The number of ether oxygens (including phenoxy) is 1. The lowest BCUT2D eigenvalue weighted by molar-refractivity contribution is -0.137. The number of benzene rings is 2. The Morgan fingerprint density at radius 1 is 0.939 bits per heavy atom. The van der Waals surface area contributed by atoms with Crippen molar-refractivity contribution < 1.29 is 22.3 Å². The van der Waals surface area contributed by atoms with Gasteiger partial charge in [-0.2, -0.15) is 23.3 Å². The van der Waals surface area contributed by atoms with Crippen LogP contribution >= 0.6 is 0 Å². The molecule has 0 atom stereocenters. The molecule has 0 saturated carbocycles. The predicted octanol–water partition coefficient (Wildman–Crippen LogP) is 4.87. The van der Waals surface area contributed by atoms with Crippen LogP contribution in [0.5, 0.6) is 6.01 Å². The number of aromatic nitrogens is 6. The van der Waals surface area contributed by atoms with Gasteiger partial charge >= 0.3 is 12.2 Å². The average molecular weight is 455 g/mol. The highest BCUT2D eigenvalue weighted by Crippen LogP contribution is 2.37. The van der Waals surface area contributed by atoms with Crippen molar-refractivity contribution in [3.8, 4) is 17.4 Å². The molecule has 0 aliphatic heterocycles. The fourth-order valence-electron chi connectivity index (χ4n) is 3.35. The third-order valence-electron chi connectivity index (χ3n) is 4.87. The second-order valence-corrected chi connectivity index (χ2v) is 6.89. The number of anilines is 2. The van der Waals surface area contributed by atoms with Gasteiger partial charge in [0.1, 0.15) is 17.2 Å². The van der Waals surface area contributed by atoms with Crippen LogP contribution in [0.15, 0.2) is 48.7 Å². The first-order valence-electron chi connectivity index (χ1n) is 9.50. The lowest BCUT2D eigenvalue weighted by Gasteiger charge is -2.14. The molecule has 12 heteroatoms. The van der Waals surface area contributed by atoms with Gasteiger partial charge in [0.2, 0.25) is 0 Å². The van der Waals surface area contributed by atoms with Crippen LogP contribution in [-0.2, 0) is 6.18 Å². The second-order valence-electron chi connectivity index (χ2n) is 6.89. The number of hydrogen-bond acceptors (Lipinski definition) is 7. The van der Waals surface area contributed by atoms with Crippen molar-refractivity contribution in [2.45, 2.75) is 6.18 Å². The Bertz CT molecular complexity index is 1500. The quantitative estimate of drug-likeness (QED) is 0.373. The van der Waals surface area contributed by atoms with Crippen molar-refractivity contribution in [1.29, 1.82) is 0 Å². The van der Waals surface area contributed by atoms with E-state index in [-0.39, 0.29) is 40.2 Å². The minimum Gasteiger partial charge on any atom is -0.467 e. The first kappa shape index (κ1) is 20.5. The highest BCUT2D eigenvalue weighted by atomic mass is 19.4. The molecule has 33 heavy (non-hydrogen) atoms. The number of halogens is 4. The van der Waals surface area contributed by atoms with Crippen molar-refractivity contribution in [3.05, 3.63) is 60.0 Å². The lowest BCUT2D eigenvalue weighted by Crippen LogP contribution is -2.09. The molecule has 2 aromatic carbocycles. The average Bonchev–Trinajstić information content (AvgIpc) is 3.22. The van der Waals surface area contributed by atoms with Crippen molar-refractivity contribution in [3.63, 3.8) is 0 Å². The molecule has 5 aromatic rings. The molecular formula is C21H13F4N7O. The van der Waals surface area contributed by atoms with Gasteiger partial charge in [0.05, 0.1) is 18.1 Å². The molecular weight excluding hydrogens is 442 g/mol. The number of nitrogens with zero attached hydrogens (tertiary/aromatic N) is 5. The molecule has 3 heterocycles. The summed E-state index contributed by atoms with van der Waals surface area (Å²) in [5, 5.41) is 10.3. The zero-order valence-corrected chi connectivity index (χ0v) is 16.8. The van der Waals surface area contributed by atoms with Crippen LogP contribution in [0, 0.1) is 5.82 Å². The molecule has 0 saturated heterocycles. The van der Waals surface area contributed by atoms with E-state index in [0.717, 1.165) is 6.07 Å². The maximum atomic E-state index is 14.1. The minimum absolute atomic E-state index is 0.0190. The number of rotatable bonds is 4. The molecule has 0 bridgehead atoms. The summed E-state index contributed by atoms with van der Waals surface area (Å²) in [6, 6.07) is 9.35. The molecule has 0 radical (unpaired) electrons. The van der Waals surface area contributed by atoms with E-state index in [9.17, 15) is 17.6 Å². The van der Waals surface area contributed by atoms with E-state index in [1.54, 1.807) is 6.07 Å². The first-order chi connectivity index (χ1) is 15.8. The summed E-state index contributed by atoms with van der Waals surface area (Å²) in [5.41, 5.74) is -0.912. The van der Waals surface area contributed by atoms with Crippen LogP contribution in [0.1, 0.15) is 5.56 Å². The van der Waals surface area contributed by atoms with Gasteiger partial charge < -0.3 is 10.1 Å². The molecule has 3 aromatic heterocycles. The van der Waals surface area contributed by atoms with Gasteiger partial charge in [-0.15, -0.1) is 0 Å². The highest BCUT2D eigenvalue weighted by Gasteiger charge is 2.34. The normalized spacial score (nSPS) is 11.8. The van der Waals surface area contributed by atoms with E-state index in [1.165, 1.54) is 43.6 Å². The molecule has 0 aliphatic carbocycles. The highest BCUT2D eigenvalue weighted by molar-refractivity contribution is 5.96. The topological polar surface area (TPSA) is 102 Å². The summed E-state index contributed by atoms with van der Waals surface area (Å²) >= 11 is 0. The van der Waals surface area contributed by atoms with Gasteiger partial charge in [0.15, 0.2) is 17.3 Å². The molecule has 0 spiro atoms. The molecule has 166 valence electrons. The van der Waals surface area contributed by atoms with Crippen LogP contribution < -0.4 is 10.1 Å². The van der Waals surface area contributed by atoms with Crippen LogP contribution in [0.4, 0.5) is 29.2 Å². The van der Waals surface area contributed by atoms with Crippen molar-refractivity contribution in [1.82, 2.24) is 30.1 Å². The smallest absolute Gasteiger partial charge is 0.417 e. The molecule has 2 N–H and O–H groups in total. The van der Waals surface area contributed by atoms with E-state index in [1.807, 2.05) is 0 Å². The second kappa shape index (κ2) is 7.65. The Hall–Kier alpha value is -4.35. The molecule has 0 aliphatic rings. The fourth-order valence-corrected chi connectivity index (χ4v) is 3.35. The van der Waals surface area contributed by atoms with Crippen LogP contribution in [0.3, 0.4) is 0 Å². The summed E-state index contributed by atoms with van der Waals surface area (Å²) in [6.45, 7) is 0. The molecule has 0 unspecified atom stereocenters. The Morgan fingerprint density at radius 2 is 1.76 bits per heavy atom. The van der Waals surface area contributed by atoms with Crippen LogP contribution in [0.25, 0.3) is 33.3 Å². The minimum atomic E-state index is -4.62. The zero-order chi connectivity index (χ0) is 23.2. The Labute approximate surface area is 182 Å². The Balaban J connectivity index is 1.72. The van der Waals surface area contributed by atoms with Crippen molar-refractivity contribution in [2.24, 2.45) is 0 Å². The number of aromatic amines is 1. The van der Waals surface area contributed by atoms with Gasteiger partial charge in [0.25, 0.3) is 0 Å². The number of H-pyrrole nitrogens is 1. The van der Waals surface area contributed by atoms with E-state index in [2.05, 4.69) is 35.5 Å². The largest absolute Gasteiger partial charge is 0.467 e. The lowest BCUT2D eigenvalue weighted by atomic mass is 10.1. The van der Waals surface area contributed by atoms with Crippen LogP contribution in [-0.4, -0.2) is 37.2 Å². The molecule has 5 rings (SSSR count). The summed E-state index contributed by atoms with van der Waals surface area (Å²) in [4.78, 5) is 16.7. The standard InChI is InChI=1S/C21H13F4N7O/c1-33-20-26-9-12-17(29-19-11-6-4-8-14(22)15(11)31-32-19)27-16(28-18(12)30-20)10-5-2-3-7-13(10)21(23,24)25/h2-9H,1H3,(H2,26,27,28,29,30,31,32). The van der Waals surface area contributed by atoms with Gasteiger partial charge in [-0.1, -0.05) is 24.3 Å². The Kier molecular flexibility index (Phi) is 4.77. The van der Waals surface area contributed by atoms with E-state index < -0.39 is 17.6 Å². The van der Waals surface area contributed by atoms with E-state index in [0.29, 0.717) is 10.8 Å². The maximum absolute atomic E-state index is 14.1. The molecule has 0 amide bonds. The van der Waals surface area contributed by atoms with Gasteiger partial charge in [0, 0.05) is 17.1 Å². The summed E-state index contributed by atoms with van der Waals surface area (Å²) in [7, 11) is 1.35. The summed E-state index contributed by atoms with van der Waals surface area (Å²) in [5.74, 6) is -0.416. The molecule has 0 fully saturated rings.